The Morgan fingerprint density at radius 1 is 1.31 bits per heavy atom. The third-order valence-corrected chi connectivity index (χ3v) is 3.67. The molecule has 0 radical (unpaired) electrons. The number of hydrogen-bond acceptors (Lipinski definition) is 2. The van der Waals surface area contributed by atoms with E-state index in [1.165, 1.54) is 0 Å². The van der Waals surface area contributed by atoms with Crippen LogP contribution in [0.5, 0.6) is 0 Å². The van der Waals surface area contributed by atoms with Crippen LogP contribution in [0.25, 0.3) is 20.9 Å². The Morgan fingerprint density at radius 3 is 2.50 bits per heavy atom. The average molecular weight is 222 g/mol. The molecule has 0 bridgehead atoms. The predicted molar refractivity (Wildman–Crippen MR) is 62.7 cm³/mol. The highest BCUT2D eigenvalue weighted by atomic mass is 15.2. The average Bonchev–Trinajstić information content (AvgIpc) is 2.21. The molecule has 88 valence electrons. The van der Waals surface area contributed by atoms with Gasteiger partial charge in [-0.05, 0) is 42.2 Å². The molecule has 6 nitrogen and oxygen atoms in total. The molecule has 1 aliphatic rings. The second-order valence-corrected chi connectivity index (χ2v) is 5.05. The van der Waals surface area contributed by atoms with E-state index in [0.717, 1.165) is 19.3 Å². The third kappa shape index (κ3) is 2.60. The lowest BCUT2D eigenvalue weighted by Gasteiger charge is -2.40. The van der Waals surface area contributed by atoms with E-state index in [9.17, 15) is 0 Å². The van der Waals surface area contributed by atoms with Crippen LogP contribution in [-0.2, 0) is 0 Å². The van der Waals surface area contributed by atoms with Gasteiger partial charge >= 0.3 is 0 Å². The Morgan fingerprint density at radius 2 is 2.00 bits per heavy atom. The van der Waals surface area contributed by atoms with Gasteiger partial charge in [0.2, 0.25) is 0 Å². The van der Waals surface area contributed by atoms with Crippen LogP contribution < -0.4 is 0 Å². The van der Waals surface area contributed by atoms with Gasteiger partial charge < -0.3 is 0 Å². The van der Waals surface area contributed by atoms with E-state index >= 15 is 0 Å². The molecule has 3 unspecified atom stereocenters. The summed E-state index contributed by atoms with van der Waals surface area (Å²) >= 11 is 0. The van der Waals surface area contributed by atoms with Crippen LogP contribution in [0.4, 0.5) is 0 Å². The summed E-state index contributed by atoms with van der Waals surface area (Å²) in [7, 11) is 0. The number of rotatable bonds is 3. The maximum atomic E-state index is 8.57. The summed E-state index contributed by atoms with van der Waals surface area (Å²) in [6, 6.07) is -0.213. The lowest BCUT2D eigenvalue weighted by Crippen LogP contribution is -2.42. The van der Waals surface area contributed by atoms with E-state index in [0.29, 0.717) is 11.8 Å². The molecule has 16 heavy (non-hydrogen) atoms. The normalized spacial score (nSPS) is 34.0. The second-order valence-electron chi connectivity index (χ2n) is 5.05. The van der Waals surface area contributed by atoms with Crippen LogP contribution in [0.2, 0.25) is 0 Å². The molecule has 0 spiro atoms. The van der Waals surface area contributed by atoms with Crippen LogP contribution >= 0.6 is 0 Å². The lowest BCUT2D eigenvalue weighted by molar-refractivity contribution is 0.179. The van der Waals surface area contributed by atoms with E-state index in [4.69, 9.17) is 11.1 Å². The van der Waals surface area contributed by atoms with Crippen molar-refractivity contribution >= 4 is 0 Å². The largest absolute Gasteiger partial charge is 0.0899 e. The molecular weight excluding hydrogens is 204 g/mol. The Balaban J connectivity index is 2.90. The van der Waals surface area contributed by atoms with Crippen molar-refractivity contribution < 1.29 is 0 Å². The Kier molecular flexibility index (Phi) is 4.05. The fourth-order valence-corrected chi connectivity index (χ4v) is 2.36. The van der Waals surface area contributed by atoms with E-state index in [1.54, 1.807) is 0 Å². The van der Waals surface area contributed by atoms with Gasteiger partial charge in [0.05, 0.1) is 5.54 Å². The van der Waals surface area contributed by atoms with Gasteiger partial charge in [0.1, 0.15) is 0 Å². The van der Waals surface area contributed by atoms with E-state index < -0.39 is 5.54 Å². The Bertz CT molecular complexity index is 339. The molecular formula is C10H18N6. The van der Waals surface area contributed by atoms with Gasteiger partial charge in [-0.25, -0.2) is 0 Å². The van der Waals surface area contributed by atoms with E-state index in [-0.39, 0.29) is 6.04 Å². The zero-order chi connectivity index (χ0) is 12.2. The standard InChI is InChI=1S/C10H18N6/c1-7(2)8-4-5-10(3,14-16-12)9(6-8)13-15-11/h7-9H,4-6H2,1-3H3. The molecule has 6 heteroatoms. The fourth-order valence-electron chi connectivity index (χ4n) is 2.36. The highest BCUT2D eigenvalue weighted by Gasteiger charge is 2.39. The minimum Gasteiger partial charge on any atom is -0.0899 e. The van der Waals surface area contributed by atoms with Gasteiger partial charge in [-0.2, -0.15) is 0 Å². The molecule has 1 aliphatic carbocycles. The third-order valence-electron chi connectivity index (χ3n) is 3.67. The van der Waals surface area contributed by atoms with Crippen molar-refractivity contribution in [1.29, 1.82) is 0 Å². The minimum absolute atomic E-state index is 0.213. The number of hydrogen-bond donors (Lipinski definition) is 0. The fraction of sp³-hybridized carbons (Fsp3) is 1.00. The van der Waals surface area contributed by atoms with Crippen molar-refractivity contribution in [2.45, 2.75) is 51.6 Å². The maximum Gasteiger partial charge on any atom is 0.0544 e. The first kappa shape index (κ1) is 12.7. The Labute approximate surface area is 95.3 Å². The molecule has 0 heterocycles. The first-order valence-corrected chi connectivity index (χ1v) is 5.64. The van der Waals surface area contributed by atoms with Crippen molar-refractivity contribution in [1.82, 2.24) is 0 Å². The zero-order valence-corrected chi connectivity index (χ0v) is 10.0. The smallest absolute Gasteiger partial charge is 0.0544 e. The van der Waals surface area contributed by atoms with Gasteiger partial charge in [-0.1, -0.05) is 31.0 Å². The van der Waals surface area contributed by atoms with Crippen molar-refractivity contribution in [3.63, 3.8) is 0 Å². The molecule has 0 aromatic rings. The van der Waals surface area contributed by atoms with Crippen LogP contribution in [0.1, 0.15) is 40.0 Å². The summed E-state index contributed by atoms with van der Waals surface area (Å²) < 4.78 is 0. The maximum absolute atomic E-state index is 8.57. The summed E-state index contributed by atoms with van der Waals surface area (Å²) in [5.41, 5.74) is 16.6. The van der Waals surface area contributed by atoms with Crippen molar-refractivity contribution in [2.75, 3.05) is 0 Å². The number of nitrogens with zero attached hydrogens (tertiary/aromatic N) is 6. The van der Waals surface area contributed by atoms with Crippen LogP contribution in [0.3, 0.4) is 0 Å². The summed E-state index contributed by atoms with van der Waals surface area (Å²) in [4.78, 5) is 5.75. The van der Waals surface area contributed by atoms with Gasteiger partial charge in [0.25, 0.3) is 0 Å². The van der Waals surface area contributed by atoms with Crippen LogP contribution in [-0.4, -0.2) is 11.6 Å². The second kappa shape index (κ2) is 5.10. The molecule has 0 amide bonds. The SMILES string of the molecule is CC(C)C1CCC(C)(N=[N+]=[N-])C(N=[N+]=[N-])C1. The topological polar surface area (TPSA) is 97.5 Å². The molecule has 3 atom stereocenters. The van der Waals surface area contributed by atoms with Crippen molar-refractivity contribution in [2.24, 2.45) is 22.1 Å². The van der Waals surface area contributed by atoms with Gasteiger partial charge in [0, 0.05) is 15.9 Å². The highest BCUT2D eigenvalue weighted by molar-refractivity contribution is 5.01. The molecule has 1 rings (SSSR count). The predicted octanol–water partition coefficient (Wildman–Crippen LogP) is 4.19. The van der Waals surface area contributed by atoms with Crippen molar-refractivity contribution in [3.05, 3.63) is 20.9 Å². The molecule has 0 N–H and O–H groups in total. The zero-order valence-electron chi connectivity index (χ0n) is 10.0. The number of azide groups is 2. The first-order chi connectivity index (χ1) is 7.53. The molecule has 1 saturated carbocycles. The lowest BCUT2D eigenvalue weighted by atomic mass is 9.71. The van der Waals surface area contributed by atoms with E-state index in [2.05, 4.69) is 33.9 Å². The quantitative estimate of drug-likeness (QED) is 0.388. The molecule has 0 saturated heterocycles. The molecule has 0 aromatic heterocycles. The summed E-state index contributed by atoms with van der Waals surface area (Å²) in [6.45, 7) is 6.23. The summed E-state index contributed by atoms with van der Waals surface area (Å²) in [5, 5.41) is 7.63. The highest BCUT2D eigenvalue weighted by Crippen LogP contribution is 2.40. The monoisotopic (exact) mass is 222 g/mol. The van der Waals surface area contributed by atoms with Crippen LogP contribution in [0.15, 0.2) is 10.2 Å². The van der Waals surface area contributed by atoms with Gasteiger partial charge in [-0.3, -0.25) is 0 Å². The van der Waals surface area contributed by atoms with Gasteiger partial charge in [-0.15, -0.1) is 0 Å². The first-order valence-electron chi connectivity index (χ1n) is 5.64. The minimum atomic E-state index is -0.549. The molecule has 0 aliphatic heterocycles. The molecule has 1 fully saturated rings. The molecule has 0 aromatic carbocycles. The van der Waals surface area contributed by atoms with E-state index in [1.807, 2.05) is 6.92 Å². The Hall–Kier alpha value is -1.38. The summed E-state index contributed by atoms with van der Waals surface area (Å²) in [5.74, 6) is 1.13. The van der Waals surface area contributed by atoms with Crippen molar-refractivity contribution in [3.8, 4) is 0 Å². The van der Waals surface area contributed by atoms with Crippen LogP contribution in [0, 0.1) is 11.8 Å². The summed E-state index contributed by atoms with van der Waals surface area (Å²) in [6.07, 6.45) is 2.64. The van der Waals surface area contributed by atoms with Gasteiger partial charge in [0.15, 0.2) is 0 Å².